The van der Waals surface area contributed by atoms with Crippen molar-refractivity contribution in [2.45, 2.75) is 26.3 Å². The van der Waals surface area contributed by atoms with Gasteiger partial charge in [-0.3, -0.25) is 0 Å². The average Bonchev–Trinajstić information content (AvgIpc) is 2.28. The van der Waals surface area contributed by atoms with Gasteiger partial charge in [0.05, 0.1) is 0 Å². The van der Waals surface area contributed by atoms with Crippen LogP contribution in [0.15, 0.2) is 18.2 Å². The predicted molar refractivity (Wildman–Crippen MR) is 80.2 cm³/mol. The van der Waals surface area contributed by atoms with Gasteiger partial charge in [-0.1, -0.05) is 6.07 Å². The summed E-state index contributed by atoms with van der Waals surface area (Å²) in [5.41, 5.74) is 9.85. The van der Waals surface area contributed by atoms with E-state index in [9.17, 15) is 0 Å². The zero-order valence-electron chi connectivity index (χ0n) is 11.4. The van der Waals surface area contributed by atoms with Gasteiger partial charge in [-0.05, 0) is 49.8 Å². The largest absolute Gasteiger partial charge is 0.374 e. The van der Waals surface area contributed by atoms with E-state index in [1.165, 1.54) is 16.8 Å². The van der Waals surface area contributed by atoms with Crippen LogP contribution in [0.1, 0.15) is 18.1 Å². The van der Waals surface area contributed by atoms with E-state index in [4.69, 9.17) is 5.73 Å². The molecule has 0 bridgehead atoms. The van der Waals surface area contributed by atoms with Gasteiger partial charge in [0.25, 0.3) is 0 Å². The topological polar surface area (TPSA) is 29.3 Å². The van der Waals surface area contributed by atoms with Crippen molar-refractivity contribution in [1.82, 2.24) is 0 Å². The number of thioether (sulfide) groups is 1. The van der Waals surface area contributed by atoms with Crippen LogP contribution in [-0.2, 0) is 6.42 Å². The molecule has 17 heavy (non-hydrogen) atoms. The van der Waals surface area contributed by atoms with Crippen LogP contribution < -0.4 is 10.6 Å². The van der Waals surface area contributed by atoms with E-state index in [2.05, 4.69) is 50.2 Å². The first-order valence-corrected chi connectivity index (χ1v) is 7.49. The molecule has 0 fully saturated rings. The Labute approximate surface area is 110 Å². The Kier molecular flexibility index (Phi) is 5.86. The molecule has 1 unspecified atom stereocenters. The maximum atomic E-state index is 5.84. The first-order chi connectivity index (χ1) is 8.04. The monoisotopic (exact) mass is 252 g/mol. The molecule has 2 N–H and O–H groups in total. The highest BCUT2D eigenvalue weighted by Crippen LogP contribution is 2.19. The third-order valence-electron chi connectivity index (χ3n) is 2.94. The summed E-state index contributed by atoms with van der Waals surface area (Å²) in [6, 6.07) is 6.90. The molecular formula is C14H24N2S. The Morgan fingerprint density at radius 2 is 2.12 bits per heavy atom. The lowest BCUT2D eigenvalue weighted by molar-refractivity contribution is 0.734. The highest BCUT2D eigenvalue weighted by molar-refractivity contribution is 7.98. The minimum atomic E-state index is 0.230. The number of aryl methyl sites for hydroxylation is 1. The van der Waals surface area contributed by atoms with Crippen molar-refractivity contribution in [2.24, 2.45) is 5.73 Å². The van der Waals surface area contributed by atoms with Gasteiger partial charge >= 0.3 is 0 Å². The maximum absolute atomic E-state index is 5.84. The van der Waals surface area contributed by atoms with Gasteiger partial charge in [-0.15, -0.1) is 0 Å². The first kappa shape index (κ1) is 14.4. The van der Waals surface area contributed by atoms with Crippen LogP contribution in [0.5, 0.6) is 0 Å². The SMILES string of the molecule is CSCCN(C)c1ccc(CC(C)N)c(C)c1. The summed E-state index contributed by atoms with van der Waals surface area (Å²) < 4.78 is 0. The molecule has 0 radical (unpaired) electrons. The lowest BCUT2D eigenvalue weighted by Gasteiger charge is -2.20. The highest BCUT2D eigenvalue weighted by atomic mass is 32.2. The summed E-state index contributed by atoms with van der Waals surface area (Å²) >= 11 is 1.88. The summed E-state index contributed by atoms with van der Waals surface area (Å²) in [4.78, 5) is 2.30. The van der Waals surface area contributed by atoms with Crippen molar-refractivity contribution >= 4 is 17.4 Å². The molecular weight excluding hydrogens is 228 g/mol. The average molecular weight is 252 g/mol. The second-order valence-corrected chi connectivity index (χ2v) is 5.69. The van der Waals surface area contributed by atoms with E-state index >= 15 is 0 Å². The summed E-state index contributed by atoms with van der Waals surface area (Å²) in [6.45, 7) is 5.31. The van der Waals surface area contributed by atoms with E-state index in [1.807, 2.05) is 11.8 Å². The Hall–Kier alpha value is -0.670. The van der Waals surface area contributed by atoms with Gasteiger partial charge < -0.3 is 10.6 Å². The van der Waals surface area contributed by atoms with Crippen molar-refractivity contribution in [3.63, 3.8) is 0 Å². The van der Waals surface area contributed by atoms with Gasteiger partial charge in [0.2, 0.25) is 0 Å². The molecule has 0 aliphatic heterocycles. The van der Waals surface area contributed by atoms with Gasteiger partial charge in [-0.2, -0.15) is 11.8 Å². The van der Waals surface area contributed by atoms with Crippen molar-refractivity contribution in [3.8, 4) is 0 Å². The fraction of sp³-hybridized carbons (Fsp3) is 0.571. The molecule has 1 atom stereocenters. The van der Waals surface area contributed by atoms with Crippen molar-refractivity contribution in [2.75, 3.05) is 30.5 Å². The molecule has 0 spiro atoms. The molecule has 0 aliphatic carbocycles. The molecule has 1 aromatic rings. The van der Waals surface area contributed by atoms with Crippen LogP contribution in [0.3, 0.4) is 0 Å². The van der Waals surface area contributed by atoms with Crippen LogP contribution in [0.4, 0.5) is 5.69 Å². The van der Waals surface area contributed by atoms with E-state index in [1.54, 1.807) is 0 Å². The number of hydrogen-bond donors (Lipinski definition) is 1. The fourth-order valence-electron chi connectivity index (χ4n) is 1.85. The third kappa shape index (κ3) is 4.60. The summed E-state index contributed by atoms with van der Waals surface area (Å²) in [6.07, 6.45) is 3.10. The van der Waals surface area contributed by atoms with E-state index in [0.29, 0.717) is 0 Å². The number of hydrogen-bond acceptors (Lipinski definition) is 3. The Morgan fingerprint density at radius 3 is 2.65 bits per heavy atom. The lowest BCUT2D eigenvalue weighted by atomic mass is 10.0. The zero-order chi connectivity index (χ0) is 12.8. The van der Waals surface area contributed by atoms with Gasteiger partial charge in [0.1, 0.15) is 0 Å². The fourth-order valence-corrected chi connectivity index (χ4v) is 2.31. The lowest BCUT2D eigenvalue weighted by Crippen LogP contribution is -2.21. The molecule has 1 rings (SSSR count). The third-order valence-corrected chi connectivity index (χ3v) is 3.53. The number of nitrogens with zero attached hydrogens (tertiary/aromatic N) is 1. The highest BCUT2D eigenvalue weighted by Gasteiger charge is 2.05. The van der Waals surface area contributed by atoms with Gasteiger partial charge in [0, 0.05) is 31.1 Å². The number of nitrogens with two attached hydrogens (primary N) is 1. The Morgan fingerprint density at radius 1 is 1.41 bits per heavy atom. The molecule has 0 amide bonds. The van der Waals surface area contributed by atoms with Crippen molar-refractivity contribution in [3.05, 3.63) is 29.3 Å². The molecule has 96 valence electrons. The molecule has 3 heteroatoms. The van der Waals surface area contributed by atoms with Crippen molar-refractivity contribution < 1.29 is 0 Å². The van der Waals surface area contributed by atoms with Crippen LogP contribution in [0, 0.1) is 6.92 Å². The predicted octanol–water partition coefficient (Wildman–Crippen LogP) is 2.68. The molecule has 1 aromatic carbocycles. The normalized spacial score (nSPS) is 12.5. The molecule has 0 aliphatic rings. The van der Waals surface area contributed by atoms with E-state index in [0.717, 1.165) is 18.7 Å². The van der Waals surface area contributed by atoms with E-state index < -0.39 is 0 Å². The second kappa shape index (κ2) is 6.92. The van der Waals surface area contributed by atoms with Gasteiger partial charge in [0.15, 0.2) is 0 Å². The Balaban J connectivity index is 2.73. The first-order valence-electron chi connectivity index (χ1n) is 6.09. The summed E-state index contributed by atoms with van der Waals surface area (Å²) in [5, 5.41) is 0. The minimum absolute atomic E-state index is 0.230. The van der Waals surface area contributed by atoms with Crippen LogP contribution >= 0.6 is 11.8 Å². The molecule has 0 saturated heterocycles. The smallest absolute Gasteiger partial charge is 0.0366 e. The van der Waals surface area contributed by atoms with Crippen LogP contribution in [0.2, 0.25) is 0 Å². The molecule has 0 heterocycles. The quantitative estimate of drug-likeness (QED) is 0.844. The zero-order valence-corrected chi connectivity index (χ0v) is 12.2. The number of rotatable bonds is 6. The van der Waals surface area contributed by atoms with Crippen LogP contribution in [0.25, 0.3) is 0 Å². The number of anilines is 1. The molecule has 2 nitrogen and oxygen atoms in total. The van der Waals surface area contributed by atoms with E-state index in [-0.39, 0.29) is 6.04 Å². The Bertz CT molecular complexity index is 350. The minimum Gasteiger partial charge on any atom is -0.374 e. The van der Waals surface area contributed by atoms with Crippen LogP contribution in [-0.4, -0.2) is 31.6 Å². The van der Waals surface area contributed by atoms with Crippen molar-refractivity contribution in [1.29, 1.82) is 0 Å². The summed E-state index contributed by atoms with van der Waals surface area (Å²) in [7, 11) is 2.15. The molecule has 0 saturated carbocycles. The van der Waals surface area contributed by atoms with Gasteiger partial charge in [-0.25, -0.2) is 0 Å². The standard InChI is InChI=1S/C14H24N2S/c1-11-9-14(16(3)7-8-17-4)6-5-13(11)10-12(2)15/h5-6,9,12H,7-8,10,15H2,1-4H3. The summed E-state index contributed by atoms with van der Waals surface area (Å²) in [5.74, 6) is 1.16. The maximum Gasteiger partial charge on any atom is 0.0366 e. The second-order valence-electron chi connectivity index (χ2n) is 4.71. The number of benzene rings is 1. The molecule has 0 aromatic heterocycles.